The molecule has 1 unspecified atom stereocenters. The second kappa shape index (κ2) is 6.54. The fourth-order valence-electron chi connectivity index (χ4n) is 1.84. The average molecular weight is 311 g/mol. The van der Waals surface area contributed by atoms with Gasteiger partial charge in [0.15, 0.2) is 0 Å². The molecule has 2 N–H and O–H groups in total. The zero-order chi connectivity index (χ0) is 15.5. The van der Waals surface area contributed by atoms with Crippen molar-refractivity contribution in [2.45, 2.75) is 24.0 Å². The van der Waals surface area contributed by atoms with E-state index < -0.39 is 11.7 Å². The van der Waals surface area contributed by atoms with Gasteiger partial charge in [-0.05, 0) is 36.8 Å². The van der Waals surface area contributed by atoms with E-state index in [2.05, 4.69) is 0 Å². The minimum absolute atomic E-state index is 0.293. The first-order valence-corrected chi connectivity index (χ1v) is 7.47. The van der Waals surface area contributed by atoms with E-state index in [1.165, 1.54) is 17.7 Å². The first kappa shape index (κ1) is 15.9. The number of hydrogen-bond donors (Lipinski definition) is 1. The van der Waals surface area contributed by atoms with Crippen LogP contribution in [0.15, 0.2) is 53.4 Å². The Labute approximate surface area is 126 Å². The Balaban J connectivity index is 1.97. The van der Waals surface area contributed by atoms with Gasteiger partial charge in [0.25, 0.3) is 0 Å². The molecule has 0 aliphatic carbocycles. The Kier molecular flexibility index (Phi) is 4.96. The van der Waals surface area contributed by atoms with Crippen molar-refractivity contribution >= 4 is 11.8 Å². The van der Waals surface area contributed by atoms with Crippen molar-refractivity contribution in [1.29, 1.82) is 0 Å². The lowest BCUT2D eigenvalue weighted by Crippen LogP contribution is -2.13. The van der Waals surface area contributed by atoms with Crippen molar-refractivity contribution in [2.75, 3.05) is 5.75 Å². The van der Waals surface area contributed by atoms with Gasteiger partial charge in [0, 0.05) is 16.7 Å². The maximum absolute atomic E-state index is 12.5. The molecule has 0 aliphatic rings. The van der Waals surface area contributed by atoms with Crippen molar-refractivity contribution in [3.05, 3.63) is 65.2 Å². The molecule has 1 nitrogen and oxygen atoms in total. The Bertz CT molecular complexity index is 576. The number of alkyl halides is 3. The number of thioether (sulfide) groups is 1. The van der Waals surface area contributed by atoms with Crippen LogP contribution in [-0.4, -0.2) is 5.75 Å². The molecular weight excluding hydrogens is 295 g/mol. The van der Waals surface area contributed by atoms with Gasteiger partial charge in [-0.25, -0.2) is 0 Å². The van der Waals surface area contributed by atoms with Gasteiger partial charge in [-0.2, -0.15) is 13.2 Å². The number of rotatable bonds is 4. The normalized spacial score (nSPS) is 13.2. The zero-order valence-electron chi connectivity index (χ0n) is 11.5. The third-order valence-corrected chi connectivity index (χ3v) is 4.25. The Hall–Kier alpha value is -1.46. The highest BCUT2D eigenvalue weighted by Crippen LogP contribution is 2.30. The average Bonchev–Trinajstić information content (AvgIpc) is 2.45. The monoisotopic (exact) mass is 311 g/mol. The largest absolute Gasteiger partial charge is 0.416 e. The molecule has 112 valence electrons. The molecule has 0 bridgehead atoms. The summed E-state index contributed by atoms with van der Waals surface area (Å²) in [5.74, 6) is 0.619. The van der Waals surface area contributed by atoms with Gasteiger partial charge < -0.3 is 5.73 Å². The molecule has 2 aromatic rings. The lowest BCUT2D eigenvalue weighted by molar-refractivity contribution is -0.137. The van der Waals surface area contributed by atoms with E-state index in [4.69, 9.17) is 5.73 Å². The summed E-state index contributed by atoms with van der Waals surface area (Å²) in [6.45, 7) is 2.02. The summed E-state index contributed by atoms with van der Waals surface area (Å²) in [4.78, 5) is 1.10. The molecule has 0 fully saturated rings. The quantitative estimate of drug-likeness (QED) is 0.820. The van der Waals surface area contributed by atoms with Gasteiger partial charge in [0.05, 0.1) is 5.56 Å². The molecule has 21 heavy (non-hydrogen) atoms. The van der Waals surface area contributed by atoms with Crippen LogP contribution in [0.25, 0.3) is 0 Å². The molecule has 2 rings (SSSR count). The van der Waals surface area contributed by atoms with Crippen molar-refractivity contribution in [1.82, 2.24) is 0 Å². The SMILES string of the molecule is Cc1ccc(SCC(N)c2ccc(C(F)(F)F)cc2)cc1. The van der Waals surface area contributed by atoms with Gasteiger partial charge in [-0.3, -0.25) is 0 Å². The maximum atomic E-state index is 12.5. The van der Waals surface area contributed by atoms with Gasteiger partial charge in [-0.15, -0.1) is 11.8 Å². The van der Waals surface area contributed by atoms with Crippen LogP contribution in [0.1, 0.15) is 22.7 Å². The molecule has 0 saturated carbocycles. The van der Waals surface area contributed by atoms with Crippen LogP contribution in [0.4, 0.5) is 13.2 Å². The first-order chi connectivity index (χ1) is 9.86. The fraction of sp³-hybridized carbons (Fsp3) is 0.250. The standard InChI is InChI=1S/C16H16F3NS/c1-11-2-8-14(9-3-11)21-10-15(20)12-4-6-13(7-5-12)16(17,18)19/h2-9,15H,10,20H2,1H3. The van der Waals surface area contributed by atoms with Crippen molar-refractivity contribution < 1.29 is 13.2 Å². The van der Waals surface area contributed by atoms with Crippen LogP contribution in [0.3, 0.4) is 0 Å². The van der Waals surface area contributed by atoms with Crippen LogP contribution in [0.2, 0.25) is 0 Å². The number of benzene rings is 2. The third kappa shape index (κ3) is 4.51. The Morgan fingerprint density at radius 1 is 1.00 bits per heavy atom. The zero-order valence-corrected chi connectivity index (χ0v) is 12.3. The van der Waals surface area contributed by atoms with E-state index >= 15 is 0 Å². The van der Waals surface area contributed by atoms with Crippen molar-refractivity contribution in [3.63, 3.8) is 0 Å². The van der Waals surface area contributed by atoms with E-state index in [9.17, 15) is 13.2 Å². The second-order valence-electron chi connectivity index (χ2n) is 4.85. The summed E-state index contributed by atoms with van der Waals surface area (Å²) < 4.78 is 37.5. The number of aryl methyl sites for hydroxylation is 1. The summed E-state index contributed by atoms with van der Waals surface area (Å²) in [5, 5.41) is 0. The smallest absolute Gasteiger partial charge is 0.323 e. The minimum atomic E-state index is -4.31. The second-order valence-corrected chi connectivity index (χ2v) is 5.94. The summed E-state index contributed by atoms with van der Waals surface area (Å²) >= 11 is 1.59. The molecule has 1 atom stereocenters. The molecule has 0 aliphatic heterocycles. The first-order valence-electron chi connectivity index (χ1n) is 6.48. The highest BCUT2D eigenvalue weighted by Gasteiger charge is 2.30. The van der Waals surface area contributed by atoms with E-state index in [0.29, 0.717) is 11.3 Å². The van der Waals surface area contributed by atoms with Crippen LogP contribution in [0, 0.1) is 6.92 Å². The van der Waals surface area contributed by atoms with Crippen LogP contribution < -0.4 is 5.73 Å². The van der Waals surface area contributed by atoms with E-state index in [1.807, 2.05) is 31.2 Å². The van der Waals surface area contributed by atoms with Crippen LogP contribution >= 0.6 is 11.8 Å². The van der Waals surface area contributed by atoms with Gasteiger partial charge in [-0.1, -0.05) is 29.8 Å². The summed E-state index contributed by atoms with van der Waals surface area (Å²) in [6, 6.07) is 12.8. The summed E-state index contributed by atoms with van der Waals surface area (Å²) in [5.41, 5.74) is 7.28. The highest BCUT2D eigenvalue weighted by atomic mass is 32.2. The molecule has 0 spiro atoms. The molecule has 0 saturated heterocycles. The minimum Gasteiger partial charge on any atom is -0.323 e. The number of hydrogen-bond acceptors (Lipinski definition) is 2. The van der Waals surface area contributed by atoms with Crippen molar-refractivity contribution in [2.24, 2.45) is 5.73 Å². The van der Waals surface area contributed by atoms with E-state index in [-0.39, 0.29) is 6.04 Å². The topological polar surface area (TPSA) is 26.0 Å². The molecular formula is C16H16F3NS. The molecule has 0 aromatic heterocycles. The van der Waals surface area contributed by atoms with E-state index in [1.54, 1.807) is 11.8 Å². The predicted molar refractivity (Wildman–Crippen MR) is 80.3 cm³/mol. The number of halogens is 3. The molecule has 0 radical (unpaired) electrons. The third-order valence-electron chi connectivity index (χ3n) is 3.12. The van der Waals surface area contributed by atoms with E-state index in [0.717, 1.165) is 17.0 Å². The lowest BCUT2D eigenvalue weighted by Gasteiger charge is -2.13. The fourth-order valence-corrected chi connectivity index (χ4v) is 2.73. The van der Waals surface area contributed by atoms with Gasteiger partial charge >= 0.3 is 6.18 Å². The molecule has 0 heterocycles. The highest BCUT2D eigenvalue weighted by molar-refractivity contribution is 7.99. The molecule has 2 aromatic carbocycles. The Morgan fingerprint density at radius 3 is 2.10 bits per heavy atom. The maximum Gasteiger partial charge on any atom is 0.416 e. The van der Waals surface area contributed by atoms with Crippen LogP contribution in [-0.2, 0) is 6.18 Å². The predicted octanol–water partition coefficient (Wildman–Crippen LogP) is 4.81. The lowest BCUT2D eigenvalue weighted by atomic mass is 10.1. The number of nitrogens with two attached hydrogens (primary N) is 1. The summed E-state index contributed by atoms with van der Waals surface area (Å²) in [6.07, 6.45) is -4.31. The Morgan fingerprint density at radius 2 is 1.57 bits per heavy atom. The summed E-state index contributed by atoms with van der Waals surface area (Å²) in [7, 11) is 0. The molecule has 5 heteroatoms. The van der Waals surface area contributed by atoms with Gasteiger partial charge in [0.1, 0.15) is 0 Å². The molecule has 0 amide bonds. The van der Waals surface area contributed by atoms with Gasteiger partial charge in [0.2, 0.25) is 0 Å². The van der Waals surface area contributed by atoms with Crippen molar-refractivity contribution in [3.8, 4) is 0 Å². The van der Waals surface area contributed by atoms with Crippen LogP contribution in [0.5, 0.6) is 0 Å².